The quantitative estimate of drug-likeness (QED) is 0.856. The lowest BCUT2D eigenvalue weighted by Gasteiger charge is -2.14. The van der Waals surface area contributed by atoms with E-state index < -0.39 is 0 Å². The molecule has 0 bridgehead atoms. The largest absolute Gasteiger partial charge is 0.347 e. The van der Waals surface area contributed by atoms with Crippen LogP contribution in [0.25, 0.3) is 0 Å². The van der Waals surface area contributed by atoms with Gasteiger partial charge in [0.2, 0.25) is 0 Å². The van der Waals surface area contributed by atoms with E-state index in [4.69, 9.17) is 11.6 Å². The minimum absolute atomic E-state index is 0.219. The lowest BCUT2D eigenvalue weighted by atomic mass is 10.1. The summed E-state index contributed by atoms with van der Waals surface area (Å²) in [6, 6.07) is 8.10. The molecule has 84 valence electrons. The monoisotopic (exact) mass is 235 g/mol. The van der Waals surface area contributed by atoms with E-state index in [0.717, 1.165) is 22.8 Å². The van der Waals surface area contributed by atoms with E-state index in [1.807, 2.05) is 30.5 Å². The number of hydrogen-bond donors (Lipinski definition) is 2. The number of halogens is 1. The summed E-state index contributed by atoms with van der Waals surface area (Å²) in [5, 5.41) is 4.18. The van der Waals surface area contributed by atoms with Crippen molar-refractivity contribution in [3.8, 4) is 0 Å². The molecule has 0 radical (unpaired) electrons. The molecule has 0 amide bonds. The number of hydrogen-bond acceptors (Lipinski definition) is 2. The first kappa shape index (κ1) is 11.2. The minimum Gasteiger partial charge on any atom is -0.347 e. The Labute approximate surface area is 99.9 Å². The van der Waals surface area contributed by atoms with Gasteiger partial charge in [0.15, 0.2) is 0 Å². The summed E-state index contributed by atoms with van der Waals surface area (Å²) in [5.41, 5.74) is 2.18. The van der Waals surface area contributed by atoms with Gasteiger partial charge < -0.3 is 10.3 Å². The van der Waals surface area contributed by atoms with Crippen LogP contribution in [-0.4, -0.2) is 9.97 Å². The fourth-order valence-electron chi connectivity index (χ4n) is 1.58. The highest BCUT2D eigenvalue weighted by Gasteiger charge is 2.08. The molecule has 0 aliphatic rings. The summed E-state index contributed by atoms with van der Waals surface area (Å²) in [5.74, 6) is 0. The number of aromatic nitrogens is 2. The summed E-state index contributed by atoms with van der Waals surface area (Å²) in [6.45, 7) is 2.85. The molecule has 3 nitrogen and oxygen atoms in total. The van der Waals surface area contributed by atoms with Crippen LogP contribution in [0.5, 0.6) is 0 Å². The van der Waals surface area contributed by atoms with Gasteiger partial charge in [-0.25, -0.2) is 4.98 Å². The number of imidazole rings is 1. The van der Waals surface area contributed by atoms with Gasteiger partial charge in [-0.3, -0.25) is 0 Å². The molecule has 0 unspecified atom stereocenters. The molecule has 0 saturated carbocycles. The Morgan fingerprint density at radius 1 is 1.44 bits per heavy atom. The highest BCUT2D eigenvalue weighted by Crippen LogP contribution is 2.22. The second kappa shape index (κ2) is 5.14. The average Bonchev–Trinajstić information content (AvgIpc) is 2.79. The molecule has 1 aromatic carbocycles. The van der Waals surface area contributed by atoms with Gasteiger partial charge >= 0.3 is 0 Å². The third-order valence-electron chi connectivity index (χ3n) is 2.53. The lowest BCUT2D eigenvalue weighted by Crippen LogP contribution is -2.18. The van der Waals surface area contributed by atoms with Crippen LogP contribution in [0.4, 0.5) is 0 Å². The molecule has 1 atom stereocenters. The molecule has 0 saturated heterocycles. The molecule has 0 fully saturated rings. The van der Waals surface area contributed by atoms with Crippen LogP contribution in [0.15, 0.2) is 36.8 Å². The molecular formula is C12H14ClN3. The molecule has 1 aromatic heterocycles. The molecular weight excluding hydrogens is 222 g/mol. The Bertz CT molecular complexity index is 439. The van der Waals surface area contributed by atoms with Crippen LogP contribution in [0.2, 0.25) is 5.02 Å². The molecule has 1 heterocycles. The SMILES string of the molecule is C[C@@H](NCc1cnc[nH]1)c1ccccc1Cl. The summed E-state index contributed by atoms with van der Waals surface area (Å²) in [7, 11) is 0. The highest BCUT2D eigenvalue weighted by atomic mass is 35.5. The van der Waals surface area contributed by atoms with Crippen molar-refractivity contribution in [2.75, 3.05) is 0 Å². The number of benzene rings is 1. The second-order valence-corrected chi connectivity index (χ2v) is 4.11. The molecule has 4 heteroatoms. The van der Waals surface area contributed by atoms with Crippen LogP contribution in [-0.2, 0) is 6.54 Å². The lowest BCUT2D eigenvalue weighted by molar-refractivity contribution is 0.569. The van der Waals surface area contributed by atoms with E-state index in [-0.39, 0.29) is 6.04 Å². The maximum atomic E-state index is 6.12. The van der Waals surface area contributed by atoms with Gasteiger partial charge in [0.05, 0.1) is 6.33 Å². The highest BCUT2D eigenvalue weighted by molar-refractivity contribution is 6.31. The fourth-order valence-corrected chi connectivity index (χ4v) is 1.88. The minimum atomic E-state index is 0.219. The van der Waals surface area contributed by atoms with E-state index in [1.54, 1.807) is 6.33 Å². The van der Waals surface area contributed by atoms with Crippen molar-refractivity contribution in [1.29, 1.82) is 0 Å². The van der Waals surface area contributed by atoms with E-state index in [1.165, 1.54) is 0 Å². The molecule has 0 spiro atoms. The molecule has 0 aliphatic heterocycles. The van der Waals surface area contributed by atoms with E-state index in [0.29, 0.717) is 0 Å². The Morgan fingerprint density at radius 3 is 2.94 bits per heavy atom. The summed E-state index contributed by atoms with van der Waals surface area (Å²) in [6.07, 6.45) is 3.49. The van der Waals surface area contributed by atoms with Gasteiger partial charge in [-0.05, 0) is 18.6 Å². The summed E-state index contributed by atoms with van der Waals surface area (Å²) >= 11 is 6.12. The average molecular weight is 236 g/mol. The number of nitrogens with one attached hydrogen (secondary N) is 2. The van der Waals surface area contributed by atoms with Crippen molar-refractivity contribution in [3.05, 3.63) is 53.1 Å². The molecule has 2 rings (SSSR count). The van der Waals surface area contributed by atoms with Crippen LogP contribution < -0.4 is 5.32 Å². The predicted octanol–water partition coefficient (Wildman–Crippen LogP) is 2.91. The summed E-state index contributed by atoms with van der Waals surface area (Å²) < 4.78 is 0. The van der Waals surface area contributed by atoms with Crippen molar-refractivity contribution in [2.45, 2.75) is 19.5 Å². The Balaban J connectivity index is 1.98. The zero-order valence-corrected chi connectivity index (χ0v) is 9.83. The molecule has 2 aromatic rings. The third kappa shape index (κ3) is 2.62. The number of rotatable bonds is 4. The third-order valence-corrected chi connectivity index (χ3v) is 2.87. The van der Waals surface area contributed by atoms with Crippen LogP contribution in [0, 0.1) is 0 Å². The van der Waals surface area contributed by atoms with Crippen molar-refractivity contribution >= 4 is 11.6 Å². The van der Waals surface area contributed by atoms with Gasteiger partial charge in [-0.2, -0.15) is 0 Å². The smallest absolute Gasteiger partial charge is 0.0922 e. The van der Waals surface area contributed by atoms with Crippen LogP contribution in [0.1, 0.15) is 24.2 Å². The van der Waals surface area contributed by atoms with Crippen molar-refractivity contribution in [3.63, 3.8) is 0 Å². The van der Waals surface area contributed by atoms with Gasteiger partial charge in [-0.1, -0.05) is 29.8 Å². The maximum absolute atomic E-state index is 6.12. The second-order valence-electron chi connectivity index (χ2n) is 3.70. The Kier molecular flexibility index (Phi) is 3.59. The first-order chi connectivity index (χ1) is 7.77. The molecule has 2 N–H and O–H groups in total. The van der Waals surface area contributed by atoms with E-state index in [9.17, 15) is 0 Å². The van der Waals surface area contributed by atoms with Crippen LogP contribution >= 0.6 is 11.6 Å². The van der Waals surface area contributed by atoms with Crippen molar-refractivity contribution < 1.29 is 0 Å². The number of nitrogens with zero attached hydrogens (tertiary/aromatic N) is 1. The predicted molar refractivity (Wildman–Crippen MR) is 65.3 cm³/mol. The van der Waals surface area contributed by atoms with E-state index >= 15 is 0 Å². The fraction of sp³-hybridized carbons (Fsp3) is 0.250. The van der Waals surface area contributed by atoms with Gasteiger partial charge in [0.25, 0.3) is 0 Å². The first-order valence-electron chi connectivity index (χ1n) is 5.22. The number of aromatic amines is 1. The summed E-state index contributed by atoms with van der Waals surface area (Å²) in [4.78, 5) is 7.02. The zero-order valence-electron chi connectivity index (χ0n) is 9.07. The standard InChI is InChI=1S/C12H14ClN3/c1-9(11-4-2-3-5-12(11)13)15-7-10-6-14-8-16-10/h2-6,8-9,15H,7H2,1H3,(H,14,16)/t9-/m1/s1. The molecule has 16 heavy (non-hydrogen) atoms. The zero-order chi connectivity index (χ0) is 11.4. The maximum Gasteiger partial charge on any atom is 0.0922 e. The first-order valence-corrected chi connectivity index (χ1v) is 5.60. The number of H-pyrrole nitrogens is 1. The Hall–Kier alpha value is -1.32. The Morgan fingerprint density at radius 2 is 2.25 bits per heavy atom. The molecule has 0 aliphatic carbocycles. The van der Waals surface area contributed by atoms with E-state index in [2.05, 4.69) is 22.2 Å². The van der Waals surface area contributed by atoms with Crippen LogP contribution in [0.3, 0.4) is 0 Å². The van der Waals surface area contributed by atoms with Gasteiger partial charge in [0, 0.05) is 29.5 Å². The van der Waals surface area contributed by atoms with Crippen molar-refractivity contribution in [1.82, 2.24) is 15.3 Å². The van der Waals surface area contributed by atoms with Gasteiger partial charge in [0.1, 0.15) is 0 Å². The topological polar surface area (TPSA) is 40.7 Å². The normalized spacial score (nSPS) is 12.6. The van der Waals surface area contributed by atoms with Crippen molar-refractivity contribution in [2.24, 2.45) is 0 Å². The van der Waals surface area contributed by atoms with Gasteiger partial charge in [-0.15, -0.1) is 0 Å².